The van der Waals surface area contributed by atoms with Crippen LogP contribution in [0.25, 0.3) is 0 Å². The molecule has 0 radical (unpaired) electrons. The van der Waals surface area contributed by atoms with Crippen LogP contribution in [0.2, 0.25) is 0 Å². The average molecular weight is 106 g/mol. The summed E-state index contributed by atoms with van der Waals surface area (Å²) in [5.74, 6) is 0. The van der Waals surface area contributed by atoms with Crippen LogP contribution in [0.3, 0.4) is 0 Å². The SMILES string of the molecule is [O]=[Al][O]O[SiH3]. The van der Waals surface area contributed by atoms with Crippen molar-refractivity contribution in [2.45, 2.75) is 0 Å². The maximum absolute atomic E-state index is 9.29. The van der Waals surface area contributed by atoms with Gasteiger partial charge in [-0.15, -0.1) is 0 Å². The van der Waals surface area contributed by atoms with Crippen molar-refractivity contribution in [3.63, 3.8) is 0 Å². The van der Waals surface area contributed by atoms with E-state index in [0.717, 1.165) is 0 Å². The molecule has 0 N–H and O–H groups in total. The second-order valence-corrected chi connectivity index (χ2v) is 1.08. The molecule has 0 spiro atoms. The van der Waals surface area contributed by atoms with E-state index < -0.39 is 15.5 Å². The molecule has 3 nitrogen and oxygen atoms in total. The summed E-state index contributed by atoms with van der Waals surface area (Å²) in [5.41, 5.74) is 0. The third-order valence-electron chi connectivity index (χ3n) is 0.136. The van der Waals surface area contributed by atoms with Gasteiger partial charge in [0.15, 0.2) is 0 Å². The van der Waals surface area contributed by atoms with E-state index in [4.69, 9.17) is 0 Å². The summed E-state index contributed by atoms with van der Waals surface area (Å²) in [5, 5.41) is 0. The molecule has 0 aromatic carbocycles. The normalized spacial score (nSPS) is 6.40. The molecule has 0 rings (SSSR count). The summed E-state index contributed by atoms with van der Waals surface area (Å²) in [6.45, 7) is 0. The Morgan fingerprint density at radius 1 is 1.80 bits per heavy atom. The van der Waals surface area contributed by atoms with Gasteiger partial charge in [-0.3, -0.25) is 0 Å². The molecule has 0 fully saturated rings. The topological polar surface area (TPSA) is 35.5 Å². The van der Waals surface area contributed by atoms with Crippen molar-refractivity contribution in [1.82, 2.24) is 0 Å². The molecule has 0 aromatic rings. The molecule has 0 heterocycles. The summed E-state index contributed by atoms with van der Waals surface area (Å²) in [6.07, 6.45) is 0. The van der Waals surface area contributed by atoms with Crippen LogP contribution in [-0.2, 0) is 12.3 Å². The van der Waals surface area contributed by atoms with E-state index in [1.165, 1.54) is 0 Å². The Hall–Kier alpha value is 0.309. The molecule has 0 aliphatic heterocycles. The second kappa shape index (κ2) is 4.31. The molecule has 0 unspecified atom stereocenters. The summed E-state index contributed by atoms with van der Waals surface area (Å²) < 4.78 is 17.3. The van der Waals surface area contributed by atoms with Crippen LogP contribution in [0.1, 0.15) is 0 Å². The Bertz CT molecular complexity index is 28.1. The van der Waals surface area contributed by atoms with E-state index in [2.05, 4.69) is 8.52 Å². The zero-order valence-corrected chi connectivity index (χ0v) is 5.96. The first kappa shape index (κ1) is 5.31. The van der Waals surface area contributed by atoms with Crippen molar-refractivity contribution >= 4 is 26.0 Å². The van der Waals surface area contributed by atoms with Crippen molar-refractivity contribution in [2.75, 3.05) is 0 Å². The van der Waals surface area contributed by atoms with Crippen LogP contribution in [0.4, 0.5) is 0 Å². The van der Waals surface area contributed by atoms with Crippen LogP contribution in [-0.4, -0.2) is 26.0 Å². The van der Waals surface area contributed by atoms with Crippen molar-refractivity contribution in [2.24, 2.45) is 0 Å². The molecule has 0 aliphatic rings. The molecule has 0 bridgehead atoms. The van der Waals surface area contributed by atoms with Crippen molar-refractivity contribution in [3.8, 4) is 0 Å². The molecule has 0 aromatic heterocycles. The van der Waals surface area contributed by atoms with Gasteiger partial charge in [0.05, 0.1) is 0 Å². The molecule has 5 heteroatoms. The van der Waals surface area contributed by atoms with Gasteiger partial charge in [0.1, 0.15) is 0 Å². The molecular weight excluding hydrogens is 103 g/mol. The molecule has 0 aliphatic carbocycles. The second-order valence-electron chi connectivity index (χ2n) is 0.359. The summed E-state index contributed by atoms with van der Waals surface area (Å²) in [4.78, 5) is 0. The molecular formula is H3AlO3Si. The first-order valence-corrected chi connectivity index (χ1v) is 2.81. The summed E-state index contributed by atoms with van der Waals surface area (Å²) in [6, 6.07) is 0. The predicted octanol–water partition coefficient (Wildman–Crippen LogP) is -1.82. The Labute approximate surface area is 39.0 Å². The molecule has 0 atom stereocenters. The van der Waals surface area contributed by atoms with Crippen molar-refractivity contribution in [1.29, 1.82) is 0 Å². The van der Waals surface area contributed by atoms with E-state index in [1.54, 1.807) is 0 Å². The third-order valence-corrected chi connectivity index (χ3v) is 0.984. The fourth-order valence-electron chi connectivity index (χ4n) is 0.0393. The zero-order valence-electron chi connectivity index (χ0n) is 2.80. The number of hydrogen-bond acceptors (Lipinski definition) is 3. The Kier molecular flexibility index (Phi) is 4.58. The standard InChI is InChI=1S/Al.H4O2Si.O/c;1-2-3;/h;1H,3H3;/q+1;;/p-1. The van der Waals surface area contributed by atoms with Gasteiger partial charge in [-0.2, -0.15) is 0 Å². The maximum atomic E-state index is 9.29. The zero-order chi connectivity index (χ0) is 4.12. The Morgan fingerprint density at radius 3 is 2.40 bits per heavy atom. The molecule has 0 amide bonds. The molecule has 0 saturated carbocycles. The van der Waals surface area contributed by atoms with Crippen molar-refractivity contribution < 1.29 is 12.3 Å². The van der Waals surface area contributed by atoms with Crippen LogP contribution in [0.5, 0.6) is 0 Å². The fourth-order valence-corrected chi connectivity index (χ4v) is 0.354. The van der Waals surface area contributed by atoms with Gasteiger partial charge < -0.3 is 0 Å². The van der Waals surface area contributed by atoms with Crippen LogP contribution in [0, 0.1) is 0 Å². The summed E-state index contributed by atoms with van der Waals surface area (Å²) >= 11 is -1.15. The monoisotopic (exact) mass is 106 g/mol. The minimum absolute atomic E-state index is 0.497. The van der Waals surface area contributed by atoms with E-state index in [9.17, 15) is 3.80 Å². The van der Waals surface area contributed by atoms with Crippen molar-refractivity contribution in [3.05, 3.63) is 0 Å². The Morgan fingerprint density at radius 2 is 2.40 bits per heavy atom. The van der Waals surface area contributed by atoms with E-state index in [1.807, 2.05) is 0 Å². The van der Waals surface area contributed by atoms with Crippen LogP contribution in [0.15, 0.2) is 0 Å². The minimum atomic E-state index is -1.15. The van der Waals surface area contributed by atoms with Gasteiger partial charge in [0, 0.05) is 0 Å². The van der Waals surface area contributed by atoms with E-state index >= 15 is 0 Å². The van der Waals surface area contributed by atoms with Gasteiger partial charge in [0.25, 0.3) is 0 Å². The van der Waals surface area contributed by atoms with Gasteiger partial charge in [-0.1, -0.05) is 0 Å². The first-order chi connectivity index (χ1) is 2.41. The van der Waals surface area contributed by atoms with Gasteiger partial charge in [-0.25, -0.2) is 0 Å². The third kappa shape index (κ3) is 4.31. The molecule has 0 saturated heterocycles. The molecule has 28 valence electrons. The van der Waals surface area contributed by atoms with Gasteiger partial charge in [0.2, 0.25) is 0 Å². The quantitative estimate of drug-likeness (QED) is 0.236. The molecule has 5 heavy (non-hydrogen) atoms. The average Bonchev–Trinajstić information content (AvgIpc) is 1.41. The van der Waals surface area contributed by atoms with E-state index in [0.29, 0.717) is 10.5 Å². The fraction of sp³-hybridized carbons (Fsp3) is 0. The first-order valence-electron chi connectivity index (χ1n) is 1.05. The van der Waals surface area contributed by atoms with Crippen LogP contribution >= 0.6 is 0 Å². The van der Waals surface area contributed by atoms with Crippen LogP contribution < -0.4 is 0 Å². The Balaban J connectivity index is 2.40. The van der Waals surface area contributed by atoms with Gasteiger partial charge in [-0.05, 0) is 0 Å². The predicted molar refractivity (Wildman–Crippen MR) is 18.5 cm³/mol. The van der Waals surface area contributed by atoms with Gasteiger partial charge >= 0.3 is 38.3 Å². The number of hydrogen-bond donors (Lipinski definition) is 0. The summed E-state index contributed by atoms with van der Waals surface area (Å²) in [7, 11) is 0.497. The van der Waals surface area contributed by atoms with E-state index in [-0.39, 0.29) is 0 Å². The number of rotatable bonds is 2.